The van der Waals surface area contributed by atoms with Crippen LogP contribution in [0.5, 0.6) is 0 Å². The molecule has 162 valence electrons. The van der Waals surface area contributed by atoms with Crippen molar-refractivity contribution >= 4 is 22.8 Å². The third-order valence-corrected chi connectivity index (χ3v) is 5.88. The number of hydrogen-bond donors (Lipinski definition) is 0. The predicted molar refractivity (Wildman–Crippen MR) is 134 cm³/mol. The van der Waals surface area contributed by atoms with E-state index in [2.05, 4.69) is 77.9 Å². The molecule has 0 aliphatic rings. The highest BCUT2D eigenvalue weighted by atomic mass is 14.8. The second-order valence-corrected chi connectivity index (χ2v) is 8.57. The summed E-state index contributed by atoms with van der Waals surface area (Å²) >= 11 is 0. The van der Waals surface area contributed by atoms with Gasteiger partial charge in [0.05, 0.1) is 22.8 Å². The van der Waals surface area contributed by atoms with Crippen molar-refractivity contribution in [1.82, 2.24) is 0 Å². The van der Waals surface area contributed by atoms with Crippen LogP contribution in [0, 0.1) is 27.7 Å². The number of benzene rings is 2. The second-order valence-electron chi connectivity index (χ2n) is 8.57. The van der Waals surface area contributed by atoms with E-state index in [-0.39, 0.29) is 0 Å². The Hall–Kier alpha value is -2.22. The van der Waals surface area contributed by atoms with Gasteiger partial charge in [0.2, 0.25) is 0 Å². The summed E-state index contributed by atoms with van der Waals surface area (Å²) in [4.78, 5) is 10.3. The molecule has 2 rings (SSSR count). The topological polar surface area (TPSA) is 24.7 Å². The zero-order valence-corrected chi connectivity index (χ0v) is 20.0. The molecule has 0 radical (unpaired) electrons. The van der Waals surface area contributed by atoms with Crippen LogP contribution >= 0.6 is 0 Å². The Balaban J connectivity index is 2.44. The third kappa shape index (κ3) is 7.55. The van der Waals surface area contributed by atoms with Gasteiger partial charge in [-0.05, 0) is 99.9 Å². The first-order chi connectivity index (χ1) is 14.4. The predicted octanol–water partition coefficient (Wildman–Crippen LogP) is 8.93. The molecule has 2 aromatic rings. The molecule has 0 bridgehead atoms. The molecule has 0 amide bonds. The molecule has 2 heteroatoms. The fourth-order valence-electron chi connectivity index (χ4n) is 3.49. The molecule has 0 aromatic heterocycles. The van der Waals surface area contributed by atoms with E-state index >= 15 is 0 Å². The van der Waals surface area contributed by atoms with Gasteiger partial charge in [-0.3, -0.25) is 9.98 Å². The van der Waals surface area contributed by atoms with E-state index in [0.717, 1.165) is 36.3 Å². The van der Waals surface area contributed by atoms with Crippen LogP contribution in [-0.2, 0) is 0 Å². The summed E-state index contributed by atoms with van der Waals surface area (Å²) in [6.45, 7) is 13.1. The van der Waals surface area contributed by atoms with E-state index in [4.69, 9.17) is 9.98 Å². The van der Waals surface area contributed by atoms with Crippen LogP contribution in [0.25, 0.3) is 0 Å². The molecule has 0 saturated heterocycles. The molecule has 0 aliphatic heterocycles. The quantitative estimate of drug-likeness (QED) is 0.264. The van der Waals surface area contributed by atoms with Crippen LogP contribution < -0.4 is 0 Å². The van der Waals surface area contributed by atoms with Crippen LogP contribution in [0.15, 0.2) is 46.4 Å². The first kappa shape index (κ1) is 24.1. The molecule has 0 saturated carbocycles. The van der Waals surface area contributed by atoms with Crippen molar-refractivity contribution in [2.75, 3.05) is 0 Å². The van der Waals surface area contributed by atoms with E-state index in [1.807, 2.05) is 0 Å². The standard InChI is InChI=1S/C28H40N2/c1-7-9-11-12-14-28(30-26-18-16-22(4)24(6)20-26)27(13-10-8-2)29-25-17-15-21(3)23(5)19-25/h15-20H,7-14H2,1-6H3. The molecule has 0 aliphatic carbocycles. The number of aliphatic imine (C=N–C) groups is 2. The molecule has 0 heterocycles. The van der Waals surface area contributed by atoms with E-state index in [9.17, 15) is 0 Å². The molecule has 0 fully saturated rings. The van der Waals surface area contributed by atoms with Gasteiger partial charge in [-0.2, -0.15) is 0 Å². The Morgan fingerprint density at radius 1 is 0.567 bits per heavy atom. The number of nitrogens with zero attached hydrogens (tertiary/aromatic N) is 2. The molecular formula is C28H40N2. The van der Waals surface area contributed by atoms with Crippen LogP contribution in [0.1, 0.15) is 87.5 Å². The Morgan fingerprint density at radius 2 is 1.03 bits per heavy atom. The third-order valence-electron chi connectivity index (χ3n) is 5.88. The smallest absolute Gasteiger partial charge is 0.0636 e. The van der Waals surface area contributed by atoms with Gasteiger partial charge in [0.1, 0.15) is 0 Å². The first-order valence-electron chi connectivity index (χ1n) is 11.7. The summed E-state index contributed by atoms with van der Waals surface area (Å²) in [5.74, 6) is 0. The number of hydrogen-bond acceptors (Lipinski definition) is 2. The summed E-state index contributed by atoms with van der Waals surface area (Å²) in [6.07, 6.45) is 9.27. The van der Waals surface area contributed by atoms with E-state index in [0.29, 0.717) is 0 Å². The van der Waals surface area contributed by atoms with Crippen molar-refractivity contribution in [3.8, 4) is 0 Å². The van der Waals surface area contributed by atoms with Gasteiger partial charge in [-0.25, -0.2) is 0 Å². The maximum absolute atomic E-state index is 5.13. The van der Waals surface area contributed by atoms with Crippen molar-refractivity contribution in [1.29, 1.82) is 0 Å². The maximum atomic E-state index is 5.13. The fraction of sp³-hybridized carbons (Fsp3) is 0.500. The Kier molecular flexibility index (Phi) is 10.00. The summed E-state index contributed by atoms with van der Waals surface area (Å²) in [5.41, 5.74) is 9.64. The van der Waals surface area contributed by atoms with Crippen LogP contribution in [-0.4, -0.2) is 11.4 Å². The first-order valence-corrected chi connectivity index (χ1v) is 11.7. The Labute approximate surface area is 184 Å². The summed E-state index contributed by atoms with van der Waals surface area (Å²) in [5, 5.41) is 0. The van der Waals surface area contributed by atoms with E-state index < -0.39 is 0 Å². The van der Waals surface area contributed by atoms with E-state index in [1.54, 1.807) is 0 Å². The molecule has 0 spiro atoms. The molecule has 2 aromatic carbocycles. The lowest BCUT2D eigenvalue weighted by molar-refractivity contribution is 0.683. The normalized spacial score (nSPS) is 12.5. The zero-order valence-electron chi connectivity index (χ0n) is 20.0. The van der Waals surface area contributed by atoms with Crippen molar-refractivity contribution in [2.45, 2.75) is 92.9 Å². The molecule has 0 N–H and O–H groups in total. The van der Waals surface area contributed by atoms with Crippen LogP contribution in [0.4, 0.5) is 11.4 Å². The minimum atomic E-state index is 0.987. The van der Waals surface area contributed by atoms with Crippen molar-refractivity contribution in [3.63, 3.8) is 0 Å². The van der Waals surface area contributed by atoms with Gasteiger partial charge in [-0.1, -0.05) is 51.7 Å². The van der Waals surface area contributed by atoms with Crippen molar-refractivity contribution in [2.24, 2.45) is 9.98 Å². The van der Waals surface area contributed by atoms with Gasteiger partial charge in [0, 0.05) is 0 Å². The fourth-order valence-corrected chi connectivity index (χ4v) is 3.49. The lowest BCUT2D eigenvalue weighted by Gasteiger charge is -2.12. The molecule has 30 heavy (non-hydrogen) atoms. The Morgan fingerprint density at radius 3 is 1.47 bits per heavy atom. The number of aryl methyl sites for hydroxylation is 4. The highest BCUT2D eigenvalue weighted by Crippen LogP contribution is 2.22. The summed E-state index contributed by atoms with van der Waals surface area (Å²) < 4.78 is 0. The van der Waals surface area contributed by atoms with E-state index in [1.165, 1.54) is 60.1 Å². The second kappa shape index (κ2) is 12.5. The molecule has 2 nitrogen and oxygen atoms in total. The number of rotatable bonds is 11. The lowest BCUT2D eigenvalue weighted by Crippen LogP contribution is -2.14. The summed E-state index contributed by atoms with van der Waals surface area (Å²) in [7, 11) is 0. The zero-order chi connectivity index (χ0) is 21.9. The van der Waals surface area contributed by atoms with Gasteiger partial charge < -0.3 is 0 Å². The molecule has 0 unspecified atom stereocenters. The van der Waals surface area contributed by atoms with Gasteiger partial charge in [-0.15, -0.1) is 0 Å². The molecular weight excluding hydrogens is 364 g/mol. The SMILES string of the molecule is CCCCCCC(=Nc1ccc(C)c(C)c1)C(CCCC)=Nc1ccc(C)c(C)c1. The van der Waals surface area contributed by atoms with Crippen LogP contribution in [0.3, 0.4) is 0 Å². The lowest BCUT2D eigenvalue weighted by atomic mass is 10.0. The molecule has 0 atom stereocenters. The largest absolute Gasteiger partial charge is 0.252 e. The van der Waals surface area contributed by atoms with Gasteiger partial charge >= 0.3 is 0 Å². The number of unbranched alkanes of at least 4 members (excludes halogenated alkanes) is 4. The van der Waals surface area contributed by atoms with Crippen molar-refractivity contribution in [3.05, 3.63) is 58.7 Å². The minimum absolute atomic E-state index is 0.987. The minimum Gasteiger partial charge on any atom is -0.252 e. The highest BCUT2D eigenvalue weighted by Gasteiger charge is 2.11. The monoisotopic (exact) mass is 404 g/mol. The summed E-state index contributed by atoms with van der Waals surface area (Å²) in [6, 6.07) is 13.0. The average molecular weight is 405 g/mol. The maximum Gasteiger partial charge on any atom is 0.0636 e. The van der Waals surface area contributed by atoms with Crippen LogP contribution in [0.2, 0.25) is 0 Å². The average Bonchev–Trinajstić information content (AvgIpc) is 2.73. The van der Waals surface area contributed by atoms with Crippen molar-refractivity contribution < 1.29 is 0 Å². The van der Waals surface area contributed by atoms with Gasteiger partial charge in [0.15, 0.2) is 0 Å². The van der Waals surface area contributed by atoms with Gasteiger partial charge in [0.25, 0.3) is 0 Å². The highest BCUT2D eigenvalue weighted by molar-refractivity contribution is 6.43. The Bertz CT molecular complexity index is 874.